The standard InChI is InChI=1S/C9H4Cl2F3N3S/c10-4-1-2-6(5(3-4)9(12,13)14)15-8-7(11)16-18-17-8/h1-3H,(H,15,17). The van der Waals surface area contributed by atoms with Gasteiger partial charge in [-0.1, -0.05) is 23.2 Å². The Bertz CT molecular complexity index is 570. The van der Waals surface area contributed by atoms with E-state index in [0.717, 1.165) is 17.8 Å². The molecule has 0 aliphatic carbocycles. The van der Waals surface area contributed by atoms with E-state index >= 15 is 0 Å². The van der Waals surface area contributed by atoms with E-state index in [1.807, 2.05) is 0 Å². The molecule has 0 atom stereocenters. The van der Waals surface area contributed by atoms with Crippen LogP contribution < -0.4 is 5.32 Å². The van der Waals surface area contributed by atoms with E-state index in [4.69, 9.17) is 23.2 Å². The second-order valence-electron chi connectivity index (χ2n) is 3.22. The van der Waals surface area contributed by atoms with Crippen LogP contribution in [0.2, 0.25) is 10.2 Å². The molecule has 9 heteroatoms. The smallest absolute Gasteiger partial charge is 0.336 e. The van der Waals surface area contributed by atoms with Gasteiger partial charge in [-0.15, -0.1) is 0 Å². The molecule has 0 aliphatic heterocycles. The van der Waals surface area contributed by atoms with Gasteiger partial charge in [0.2, 0.25) is 0 Å². The summed E-state index contributed by atoms with van der Waals surface area (Å²) in [5.74, 6) is 0.0782. The first-order valence-electron chi connectivity index (χ1n) is 4.50. The van der Waals surface area contributed by atoms with Gasteiger partial charge in [-0.05, 0) is 18.2 Å². The zero-order chi connectivity index (χ0) is 13.3. The highest BCUT2D eigenvalue weighted by Crippen LogP contribution is 2.38. The number of aromatic nitrogens is 2. The summed E-state index contributed by atoms with van der Waals surface area (Å²) in [5.41, 5.74) is -1.07. The van der Waals surface area contributed by atoms with Crippen LogP contribution >= 0.6 is 34.9 Å². The van der Waals surface area contributed by atoms with Crippen LogP contribution in [0.25, 0.3) is 0 Å². The molecule has 0 unspecified atom stereocenters. The fourth-order valence-corrected chi connectivity index (χ4v) is 2.06. The molecule has 0 bridgehead atoms. The number of nitrogens with one attached hydrogen (secondary N) is 1. The Balaban J connectivity index is 2.42. The molecule has 1 aromatic heterocycles. The number of halogens is 5. The Labute approximate surface area is 114 Å². The number of hydrogen-bond donors (Lipinski definition) is 1. The van der Waals surface area contributed by atoms with Crippen LogP contribution in [0.1, 0.15) is 5.56 Å². The average Bonchev–Trinajstić information content (AvgIpc) is 2.66. The fraction of sp³-hybridized carbons (Fsp3) is 0.111. The molecule has 2 aromatic rings. The van der Waals surface area contributed by atoms with Crippen molar-refractivity contribution in [3.8, 4) is 0 Å². The van der Waals surface area contributed by atoms with Crippen LogP contribution in [0.15, 0.2) is 18.2 Å². The molecule has 0 amide bonds. The van der Waals surface area contributed by atoms with Crippen LogP contribution in [0.4, 0.5) is 24.7 Å². The average molecular weight is 314 g/mol. The first-order chi connectivity index (χ1) is 8.38. The number of anilines is 2. The zero-order valence-electron chi connectivity index (χ0n) is 8.42. The van der Waals surface area contributed by atoms with Crippen molar-refractivity contribution in [2.24, 2.45) is 0 Å². The lowest BCUT2D eigenvalue weighted by molar-refractivity contribution is -0.136. The third-order valence-electron chi connectivity index (χ3n) is 1.99. The molecular weight excluding hydrogens is 310 g/mol. The van der Waals surface area contributed by atoms with Crippen molar-refractivity contribution in [3.05, 3.63) is 33.9 Å². The molecule has 1 N–H and O–H groups in total. The predicted molar refractivity (Wildman–Crippen MR) is 64.7 cm³/mol. The summed E-state index contributed by atoms with van der Waals surface area (Å²) in [5, 5.41) is 2.49. The second kappa shape index (κ2) is 4.91. The van der Waals surface area contributed by atoms with Crippen LogP contribution in [-0.4, -0.2) is 8.75 Å². The van der Waals surface area contributed by atoms with Crippen molar-refractivity contribution in [1.82, 2.24) is 8.75 Å². The van der Waals surface area contributed by atoms with Gasteiger partial charge in [-0.3, -0.25) is 0 Å². The topological polar surface area (TPSA) is 37.8 Å². The Morgan fingerprint density at radius 2 is 1.89 bits per heavy atom. The Kier molecular flexibility index (Phi) is 3.65. The highest BCUT2D eigenvalue weighted by atomic mass is 35.5. The summed E-state index contributed by atoms with van der Waals surface area (Å²) >= 11 is 12.0. The first kappa shape index (κ1) is 13.4. The molecule has 0 saturated carbocycles. The molecule has 18 heavy (non-hydrogen) atoms. The Morgan fingerprint density at radius 3 is 2.44 bits per heavy atom. The summed E-state index contributed by atoms with van der Waals surface area (Å²) < 4.78 is 45.8. The third-order valence-corrected chi connectivity index (χ3v) is 3.12. The summed E-state index contributed by atoms with van der Waals surface area (Å²) in [7, 11) is 0. The number of hydrogen-bond acceptors (Lipinski definition) is 4. The lowest BCUT2D eigenvalue weighted by Crippen LogP contribution is -2.09. The third kappa shape index (κ3) is 2.85. The molecule has 0 spiro atoms. The molecule has 0 radical (unpaired) electrons. The summed E-state index contributed by atoms with van der Waals surface area (Å²) in [6, 6.07) is 3.38. The van der Waals surface area contributed by atoms with E-state index in [-0.39, 0.29) is 21.7 Å². The van der Waals surface area contributed by atoms with Gasteiger partial charge in [-0.25, -0.2) is 0 Å². The van der Waals surface area contributed by atoms with E-state index < -0.39 is 11.7 Å². The molecule has 1 aromatic carbocycles. The van der Waals surface area contributed by atoms with Crippen molar-refractivity contribution >= 4 is 46.4 Å². The van der Waals surface area contributed by atoms with E-state index in [2.05, 4.69) is 14.1 Å². The SMILES string of the molecule is FC(F)(F)c1cc(Cl)ccc1Nc1nsnc1Cl. The number of benzene rings is 1. The van der Waals surface area contributed by atoms with Gasteiger partial charge in [-0.2, -0.15) is 21.9 Å². The van der Waals surface area contributed by atoms with Crippen molar-refractivity contribution in [3.63, 3.8) is 0 Å². The van der Waals surface area contributed by atoms with Crippen molar-refractivity contribution in [2.75, 3.05) is 5.32 Å². The van der Waals surface area contributed by atoms with E-state index in [9.17, 15) is 13.2 Å². The second-order valence-corrected chi connectivity index (χ2v) is 4.54. The zero-order valence-corrected chi connectivity index (χ0v) is 10.8. The normalized spacial score (nSPS) is 11.6. The summed E-state index contributed by atoms with van der Waals surface area (Å²) in [4.78, 5) is 0. The number of rotatable bonds is 2. The maximum atomic E-state index is 12.8. The molecule has 96 valence electrons. The fourth-order valence-electron chi connectivity index (χ4n) is 1.24. The van der Waals surface area contributed by atoms with Crippen molar-refractivity contribution < 1.29 is 13.2 Å². The van der Waals surface area contributed by atoms with Crippen molar-refractivity contribution in [1.29, 1.82) is 0 Å². The number of nitrogens with zero attached hydrogens (tertiary/aromatic N) is 2. The largest absolute Gasteiger partial charge is 0.418 e. The molecule has 0 fully saturated rings. The van der Waals surface area contributed by atoms with Gasteiger partial charge in [0.05, 0.1) is 23.0 Å². The van der Waals surface area contributed by atoms with Gasteiger partial charge in [0.1, 0.15) is 0 Å². The molecular formula is C9H4Cl2F3N3S. The minimum absolute atomic E-state index is 0.00428. The highest BCUT2D eigenvalue weighted by molar-refractivity contribution is 6.99. The van der Waals surface area contributed by atoms with E-state index in [1.165, 1.54) is 12.1 Å². The van der Waals surface area contributed by atoms with Gasteiger partial charge < -0.3 is 5.32 Å². The minimum atomic E-state index is -4.52. The summed E-state index contributed by atoms with van der Waals surface area (Å²) in [6.07, 6.45) is -4.52. The Morgan fingerprint density at radius 1 is 1.17 bits per heavy atom. The van der Waals surface area contributed by atoms with Gasteiger partial charge in [0.25, 0.3) is 0 Å². The lowest BCUT2D eigenvalue weighted by atomic mass is 10.1. The quantitative estimate of drug-likeness (QED) is 0.880. The van der Waals surface area contributed by atoms with Crippen molar-refractivity contribution in [2.45, 2.75) is 6.18 Å². The lowest BCUT2D eigenvalue weighted by Gasteiger charge is -2.13. The van der Waals surface area contributed by atoms with Crippen LogP contribution in [0, 0.1) is 0 Å². The summed E-state index contributed by atoms with van der Waals surface area (Å²) in [6.45, 7) is 0. The molecule has 2 rings (SSSR count). The highest BCUT2D eigenvalue weighted by Gasteiger charge is 2.34. The molecule has 3 nitrogen and oxygen atoms in total. The monoisotopic (exact) mass is 313 g/mol. The van der Waals surface area contributed by atoms with Gasteiger partial charge in [0.15, 0.2) is 11.0 Å². The van der Waals surface area contributed by atoms with Crippen LogP contribution in [-0.2, 0) is 6.18 Å². The predicted octanol–water partition coefficient (Wildman–Crippen LogP) is 4.61. The van der Waals surface area contributed by atoms with Gasteiger partial charge in [0, 0.05) is 5.02 Å². The van der Waals surface area contributed by atoms with Crippen LogP contribution in [0.3, 0.4) is 0 Å². The van der Waals surface area contributed by atoms with Crippen LogP contribution in [0.5, 0.6) is 0 Å². The first-order valence-corrected chi connectivity index (χ1v) is 5.98. The van der Waals surface area contributed by atoms with E-state index in [1.54, 1.807) is 0 Å². The van der Waals surface area contributed by atoms with Gasteiger partial charge >= 0.3 is 6.18 Å². The maximum absolute atomic E-state index is 12.8. The molecule has 0 aliphatic rings. The number of alkyl halides is 3. The minimum Gasteiger partial charge on any atom is -0.336 e. The molecule has 1 heterocycles. The van der Waals surface area contributed by atoms with E-state index in [0.29, 0.717) is 0 Å². The molecule has 0 saturated heterocycles. The maximum Gasteiger partial charge on any atom is 0.418 e. The Hall–Kier alpha value is -1.05.